The van der Waals surface area contributed by atoms with Crippen molar-refractivity contribution in [1.82, 2.24) is 0 Å². The van der Waals surface area contributed by atoms with Crippen molar-refractivity contribution in [2.75, 3.05) is 0 Å². The van der Waals surface area contributed by atoms with Crippen LogP contribution in [0, 0.1) is 0 Å². The fourth-order valence-corrected chi connectivity index (χ4v) is 4.86. The zero-order chi connectivity index (χ0) is 24.3. The molecule has 0 aliphatic rings. The molecule has 0 radical (unpaired) electrons. The predicted molar refractivity (Wildman–Crippen MR) is 135 cm³/mol. The first kappa shape index (κ1) is 27.6. The Morgan fingerprint density at radius 1 is 1.03 bits per heavy atom. The van der Waals surface area contributed by atoms with Crippen molar-refractivity contribution in [2.24, 2.45) is 0 Å². The summed E-state index contributed by atoms with van der Waals surface area (Å²) in [6.45, 7) is 18.8. The molecule has 5 heteroatoms. The van der Waals surface area contributed by atoms with Crippen molar-refractivity contribution in [3.8, 4) is 0 Å². The van der Waals surface area contributed by atoms with Gasteiger partial charge in [-0.3, -0.25) is 9.05 Å². The summed E-state index contributed by atoms with van der Waals surface area (Å²) in [5, 5.41) is 0. The van der Waals surface area contributed by atoms with Crippen molar-refractivity contribution in [3.05, 3.63) is 109 Å². The first-order chi connectivity index (χ1) is 15.1. The highest BCUT2D eigenvalue weighted by molar-refractivity contribution is 7.48. The zero-order valence-electron chi connectivity index (χ0n) is 20.2. The van der Waals surface area contributed by atoms with Crippen LogP contribution in [0.5, 0.6) is 0 Å². The van der Waals surface area contributed by atoms with Gasteiger partial charge in [0.25, 0.3) is 0 Å². The Hall–Kier alpha value is -2.39. The van der Waals surface area contributed by atoms with Crippen molar-refractivity contribution in [2.45, 2.75) is 59.2 Å². The second-order valence-corrected chi connectivity index (χ2v) is 9.28. The number of phosphoric acid groups is 1. The summed E-state index contributed by atoms with van der Waals surface area (Å²) in [6, 6.07) is 9.55. The molecule has 0 saturated heterocycles. The van der Waals surface area contributed by atoms with E-state index in [4.69, 9.17) is 13.6 Å². The van der Waals surface area contributed by atoms with Gasteiger partial charge in [0.2, 0.25) is 0 Å². The summed E-state index contributed by atoms with van der Waals surface area (Å²) in [5.74, 6) is 0.286. The second-order valence-electron chi connectivity index (χ2n) is 7.84. The van der Waals surface area contributed by atoms with Crippen LogP contribution in [-0.2, 0) is 23.7 Å². The number of hydrogen-bond acceptors (Lipinski definition) is 4. The third kappa shape index (κ3) is 7.94. The zero-order valence-corrected chi connectivity index (χ0v) is 21.1. The topological polar surface area (TPSA) is 44.8 Å². The molecule has 1 aromatic carbocycles. The standard InChI is InChI=1S/C27H37O4P/c1-9-14-22-25(12-4)29-32(28,30-26(6,7)23-20-16-15-17-21-23)31-27(8,13-5)24(18-10-2)19-11-3/h9-12,14-22H,2,4,13H2,1,3,5-8H3/b14-9-,19-11-,24-18+,25-22+. The molecule has 1 rings (SSSR count). The average molecular weight is 457 g/mol. The molecule has 0 aliphatic heterocycles. The predicted octanol–water partition coefficient (Wildman–Crippen LogP) is 8.58. The lowest BCUT2D eigenvalue weighted by molar-refractivity contribution is 0.00359. The fourth-order valence-electron chi connectivity index (χ4n) is 2.97. The Labute approximate surface area is 194 Å². The van der Waals surface area contributed by atoms with E-state index in [0.717, 1.165) is 11.1 Å². The number of rotatable bonds is 13. The van der Waals surface area contributed by atoms with Gasteiger partial charge in [-0.05, 0) is 64.3 Å². The van der Waals surface area contributed by atoms with E-state index in [1.807, 2.05) is 96.2 Å². The molecule has 1 aromatic rings. The summed E-state index contributed by atoms with van der Waals surface area (Å²) in [5.41, 5.74) is -0.240. The molecular weight excluding hydrogens is 419 g/mol. The second kappa shape index (κ2) is 12.6. The molecule has 0 aliphatic carbocycles. The Morgan fingerprint density at radius 3 is 2.19 bits per heavy atom. The van der Waals surface area contributed by atoms with Gasteiger partial charge in [-0.25, -0.2) is 4.57 Å². The monoisotopic (exact) mass is 456 g/mol. The summed E-state index contributed by atoms with van der Waals surface area (Å²) < 4.78 is 32.4. The van der Waals surface area contributed by atoms with Gasteiger partial charge in [-0.2, -0.15) is 0 Å². The first-order valence-electron chi connectivity index (χ1n) is 10.8. The molecule has 2 unspecified atom stereocenters. The van der Waals surface area contributed by atoms with Crippen LogP contribution in [0.1, 0.15) is 53.5 Å². The number of benzene rings is 1. The maximum Gasteiger partial charge on any atom is 0.531 e. The van der Waals surface area contributed by atoms with Crippen LogP contribution >= 0.6 is 7.82 Å². The lowest BCUT2D eigenvalue weighted by Crippen LogP contribution is -2.31. The summed E-state index contributed by atoms with van der Waals surface area (Å²) >= 11 is 0. The normalized spacial score (nSPS) is 17.2. The van der Waals surface area contributed by atoms with Crippen molar-refractivity contribution in [1.29, 1.82) is 0 Å². The summed E-state index contributed by atoms with van der Waals surface area (Å²) in [7, 11) is -4.14. The van der Waals surface area contributed by atoms with Gasteiger partial charge in [0, 0.05) is 0 Å². The van der Waals surface area contributed by atoms with E-state index in [-0.39, 0.29) is 5.76 Å². The molecule has 0 amide bonds. The Bertz CT molecular complexity index is 922. The van der Waals surface area contributed by atoms with Gasteiger partial charge < -0.3 is 4.52 Å². The van der Waals surface area contributed by atoms with Gasteiger partial charge in [0.05, 0.1) is 0 Å². The van der Waals surface area contributed by atoms with Crippen LogP contribution < -0.4 is 0 Å². The van der Waals surface area contributed by atoms with Crippen LogP contribution in [-0.4, -0.2) is 5.60 Å². The smallest absolute Gasteiger partial charge is 0.404 e. The van der Waals surface area contributed by atoms with E-state index in [0.29, 0.717) is 6.42 Å². The molecule has 0 heterocycles. The lowest BCUT2D eigenvalue weighted by Gasteiger charge is -2.36. The van der Waals surface area contributed by atoms with E-state index in [2.05, 4.69) is 13.2 Å². The molecule has 0 N–H and O–H groups in total. The Balaban J connectivity index is 3.53. The molecule has 2 atom stereocenters. The minimum absolute atomic E-state index is 0.286. The summed E-state index contributed by atoms with van der Waals surface area (Å²) in [6.07, 6.45) is 14.6. The third-order valence-corrected chi connectivity index (χ3v) is 6.66. The van der Waals surface area contributed by atoms with Crippen molar-refractivity contribution in [3.63, 3.8) is 0 Å². The third-order valence-electron chi connectivity index (χ3n) is 4.92. The van der Waals surface area contributed by atoms with E-state index < -0.39 is 19.0 Å². The molecular formula is C27H37O4P. The molecule has 0 bridgehead atoms. The molecule has 0 fully saturated rings. The van der Waals surface area contributed by atoms with Gasteiger partial charge in [0.1, 0.15) is 17.0 Å². The Kier molecular flexibility index (Phi) is 10.9. The largest absolute Gasteiger partial charge is 0.531 e. The van der Waals surface area contributed by atoms with Crippen molar-refractivity contribution < 1.29 is 18.1 Å². The van der Waals surface area contributed by atoms with E-state index in [1.54, 1.807) is 18.2 Å². The summed E-state index contributed by atoms with van der Waals surface area (Å²) in [4.78, 5) is 0. The van der Waals surface area contributed by atoms with Gasteiger partial charge >= 0.3 is 7.82 Å². The lowest BCUT2D eigenvalue weighted by atomic mass is 9.92. The van der Waals surface area contributed by atoms with Gasteiger partial charge in [-0.15, -0.1) is 0 Å². The molecule has 174 valence electrons. The van der Waals surface area contributed by atoms with E-state index >= 15 is 0 Å². The molecule has 0 spiro atoms. The molecule has 0 aromatic heterocycles. The van der Waals surface area contributed by atoms with E-state index in [9.17, 15) is 4.57 Å². The average Bonchev–Trinajstić information content (AvgIpc) is 2.76. The molecule has 32 heavy (non-hydrogen) atoms. The number of hydrogen-bond donors (Lipinski definition) is 0. The van der Waals surface area contributed by atoms with Gasteiger partial charge in [-0.1, -0.05) is 86.9 Å². The quantitative estimate of drug-likeness (QED) is 0.169. The maximum atomic E-state index is 14.2. The van der Waals surface area contributed by atoms with Gasteiger partial charge in [0.15, 0.2) is 0 Å². The number of allylic oxidation sites excluding steroid dienone is 7. The van der Waals surface area contributed by atoms with E-state index in [1.165, 1.54) is 6.08 Å². The van der Waals surface area contributed by atoms with Crippen LogP contribution in [0.2, 0.25) is 0 Å². The Morgan fingerprint density at radius 2 is 1.69 bits per heavy atom. The highest BCUT2D eigenvalue weighted by atomic mass is 31.2. The highest BCUT2D eigenvalue weighted by Gasteiger charge is 2.44. The molecule has 4 nitrogen and oxygen atoms in total. The minimum Gasteiger partial charge on any atom is -0.404 e. The molecule has 0 saturated carbocycles. The maximum absolute atomic E-state index is 14.2. The van der Waals surface area contributed by atoms with Crippen molar-refractivity contribution >= 4 is 7.82 Å². The minimum atomic E-state index is -4.14. The first-order valence-corrected chi connectivity index (χ1v) is 12.2. The SMILES string of the molecule is C=C/C=C(\C=C/C)C(C)(CC)OP(=O)(O/C(C=C)=C/C=C\C)OC(C)(C)c1ccccc1. The van der Waals surface area contributed by atoms with Crippen LogP contribution in [0.3, 0.4) is 0 Å². The fraction of sp³-hybridized carbons (Fsp3) is 0.333. The van der Waals surface area contributed by atoms with Crippen LogP contribution in [0.4, 0.5) is 0 Å². The van der Waals surface area contributed by atoms with Crippen LogP contribution in [0.15, 0.2) is 103 Å². The number of phosphoric ester groups is 1. The highest BCUT2D eigenvalue weighted by Crippen LogP contribution is 2.60. The van der Waals surface area contributed by atoms with Crippen LogP contribution in [0.25, 0.3) is 0 Å².